The number of unbranched alkanes of at least 4 members (excludes halogenated alkanes) is 11. The minimum absolute atomic E-state index is 0.122. The average Bonchev–Trinajstić information content (AvgIpc) is 3.26. The van der Waals surface area contributed by atoms with Gasteiger partial charge in [0.15, 0.2) is 6.10 Å². The van der Waals surface area contributed by atoms with Gasteiger partial charge in [0.1, 0.15) is 13.2 Å². The summed E-state index contributed by atoms with van der Waals surface area (Å²) in [5, 5.41) is 0. The van der Waals surface area contributed by atoms with Crippen molar-refractivity contribution < 1.29 is 28.6 Å². The van der Waals surface area contributed by atoms with Gasteiger partial charge in [0.2, 0.25) is 0 Å². The summed E-state index contributed by atoms with van der Waals surface area (Å²) in [5.41, 5.74) is 0. The Labute approximate surface area is 373 Å². The van der Waals surface area contributed by atoms with Crippen LogP contribution in [0.1, 0.15) is 175 Å². The van der Waals surface area contributed by atoms with Crippen LogP contribution in [-0.4, -0.2) is 37.2 Å². The predicted molar refractivity (Wildman–Crippen MR) is 260 cm³/mol. The number of esters is 3. The summed E-state index contributed by atoms with van der Waals surface area (Å²) in [5.74, 6) is -1.05. The number of carbonyl (C=O) groups excluding carboxylic acids is 3. The van der Waals surface area contributed by atoms with Crippen LogP contribution in [-0.2, 0) is 28.6 Å². The molecular weight excluding hydrogens is 757 g/mol. The molecule has 0 spiro atoms. The lowest BCUT2D eigenvalue weighted by molar-refractivity contribution is -0.167. The van der Waals surface area contributed by atoms with Crippen LogP contribution in [0, 0.1) is 0 Å². The maximum absolute atomic E-state index is 12.8. The van der Waals surface area contributed by atoms with E-state index in [1.54, 1.807) is 0 Å². The van der Waals surface area contributed by atoms with Crippen LogP contribution in [0.2, 0.25) is 0 Å². The van der Waals surface area contributed by atoms with Gasteiger partial charge in [-0.15, -0.1) is 0 Å². The molecule has 0 aromatic heterocycles. The van der Waals surface area contributed by atoms with E-state index in [1.165, 1.54) is 12.8 Å². The first-order valence-corrected chi connectivity index (χ1v) is 23.8. The normalized spacial score (nSPS) is 13.3. The number of hydrogen-bond acceptors (Lipinski definition) is 6. The second-order valence-corrected chi connectivity index (χ2v) is 15.0. The molecule has 0 radical (unpaired) electrons. The lowest BCUT2D eigenvalue weighted by Gasteiger charge is -2.18. The van der Waals surface area contributed by atoms with Crippen molar-refractivity contribution >= 4 is 17.9 Å². The highest BCUT2D eigenvalue weighted by Crippen LogP contribution is 2.12. The van der Waals surface area contributed by atoms with Gasteiger partial charge in [0.05, 0.1) is 0 Å². The molecule has 0 fully saturated rings. The lowest BCUT2D eigenvalue weighted by atomic mass is 10.1. The molecule has 0 aliphatic heterocycles. The van der Waals surface area contributed by atoms with E-state index in [1.807, 2.05) is 54.7 Å². The smallest absolute Gasteiger partial charge is 0.306 e. The third-order valence-electron chi connectivity index (χ3n) is 9.26. The van der Waals surface area contributed by atoms with E-state index in [-0.39, 0.29) is 44.0 Å². The molecule has 0 aliphatic rings. The van der Waals surface area contributed by atoms with Gasteiger partial charge in [-0.2, -0.15) is 0 Å². The summed E-state index contributed by atoms with van der Waals surface area (Å²) in [6.07, 6.45) is 67.3. The molecule has 0 amide bonds. The fraction of sp³-hybridized carbons (Fsp3) is 0.545. The van der Waals surface area contributed by atoms with E-state index in [2.05, 4.69) is 99.8 Å². The second kappa shape index (κ2) is 48.2. The van der Waals surface area contributed by atoms with Crippen LogP contribution in [0.3, 0.4) is 0 Å². The van der Waals surface area contributed by atoms with E-state index in [9.17, 15) is 14.4 Å². The van der Waals surface area contributed by atoms with Gasteiger partial charge < -0.3 is 14.2 Å². The van der Waals surface area contributed by atoms with Crippen molar-refractivity contribution in [2.24, 2.45) is 0 Å². The first-order chi connectivity index (χ1) is 30.0. The highest BCUT2D eigenvalue weighted by molar-refractivity contribution is 5.71. The fourth-order valence-electron chi connectivity index (χ4n) is 5.79. The van der Waals surface area contributed by atoms with Crippen molar-refractivity contribution in [3.05, 3.63) is 134 Å². The molecule has 0 heterocycles. The molecule has 0 saturated carbocycles. The Kier molecular flexibility index (Phi) is 44.7. The van der Waals surface area contributed by atoms with Crippen LogP contribution in [0.4, 0.5) is 0 Å². The van der Waals surface area contributed by atoms with E-state index < -0.39 is 6.10 Å². The van der Waals surface area contributed by atoms with Gasteiger partial charge in [-0.25, -0.2) is 0 Å². The molecule has 0 aliphatic carbocycles. The third-order valence-corrected chi connectivity index (χ3v) is 9.26. The highest BCUT2D eigenvalue weighted by Gasteiger charge is 2.19. The molecule has 1 unspecified atom stereocenters. The van der Waals surface area contributed by atoms with Crippen molar-refractivity contribution in [1.82, 2.24) is 0 Å². The molecular formula is C55H84O6. The van der Waals surface area contributed by atoms with Gasteiger partial charge in [-0.1, -0.05) is 193 Å². The summed E-state index contributed by atoms with van der Waals surface area (Å²) in [6, 6.07) is 0. The Morgan fingerprint density at radius 3 is 1.16 bits per heavy atom. The van der Waals surface area contributed by atoms with Crippen molar-refractivity contribution in [2.45, 2.75) is 181 Å². The minimum Gasteiger partial charge on any atom is -0.462 e. The summed E-state index contributed by atoms with van der Waals surface area (Å²) in [6.45, 7) is 6.14. The van der Waals surface area contributed by atoms with E-state index in [4.69, 9.17) is 14.2 Å². The maximum Gasteiger partial charge on any atom is 0.306 e. The van der Waals surface area contributed by atoms with Crippen LogP contribution in [0.25, 0.3) is 0 Å². The average molecular weight is 841 g/mol. The molecule has 6 heteroatoms. The number of allylic oxidation sites excluding steroid dienone is 22. The maximum atomic E-state index is 12.8. The molecule has 6 nitrogen and oxygen atoms in total. The molecule has 0 aromatic rings. The quantitative estimate of drug-likeness (QED) is 0.0201. The standard InChI is InChI=1S/C55H84O6/c1-4-7-10-13-16-19-22-25-27-28-31-33-36-39-42-45-48-54(57)60-51-52(50-59-53(56)47-44-41-38-35-32-29-24-21-18-15-12-9-6-3)61-55(58)49-46-43-40-37-34-30-26-23-20-17-14-11-8-5-2/h7-12,15-21,24-27,29-30,32,35,38,52H,4-6,13-14,22-23,28,31,33-34,36-37,39-51H2,1-3H3/b10-7-,11-8-,12-9-,18-15-,19-16-,20-17-,24-21-,27-25-,30-26-,32-29-,38-35-. The first kappa shape index (κ1) is 56.5. The van der Waals surface area contributed by atoms with Crippen LogP contribution in [0.5, 0.6) is 0 Å². The Hall–Kier alpha value is -4.45. The highest BCUT2D eigenvalue weighted by atomic mass is 16.6. The number of hydrogen-bond donors (Lipinski definition) is 0. The predicted octanol–water partition coefficient (Wildman–Crippen LogP) is 15.5. The molecule has 1 atom stereocenters. The Bertz CT molecular complexity index is 1380. The summed E-state index contributed by atoms with van der Waals surface area (Å²) < 4.78 is 16.6. The lowest BCUT2D eigenvalue weighted by Crippen LogP contribution is -2.30. The SMILES string of the molecule is CC\C=C/C=C\C=C/C=C\C=C/CCCC(=O)OCC(COC(=O)CCCCCCCC/C=C\C/C=C\C/C=C\CC)OC(=O)CCCCCC/C=C\C/C=C\C/C=C\CC. The molecule has 0 N–H and O–H groups in total. The summed E-state index contributed by atoms with van der Waals surface area (Å²) in [4.78, 5) is 37.8. The van der Waals surface area contributed by atoms with Gasteiger partial charge >= 0.3 is 17.9 Å². The fourth-order valence-corrected chi connectivity index (χ4v) is 5.79. The summed E-state index contributed by atoms with van der Waals surface area (Å²) >= 11 is 0. The third kappa shape index (κ3) is 46.5. The zero-order valence-electron chi connectivity index (χ0n) is 38.6. The Morgan fingerprint density at radius 2 is 0.689 bits per heavy atom. The molecule has 0 saturated heterocycles. The Morgan fingerprint density at radius 1 is 0.344 bits per heavy atom. The molecule has 340 valence electrons. The zero-order valence-corrected chi connectivity index (χ0v) is 38.6. The van der Waals surface area contributed by atoms with Crippen molar-refractivity contribution in [3.8, 4) is 0 Å². The van der Waals surface area contributed by atoms with Crippen molar-refractivity contribution in [2.75, 3.05) is 13.2 Å². The number of carbonyl (C=O) groups is 3. The topological polar surface area (TPSA) is 78.9 Å². The molecule has 0 rings (SSSR count). The molecule has 0 bridgehead atoms. The van der Waals surface area contributed by atoms with Crippen molar-refractivity contribution in [3.63, 3.8) is 0 Å². The van der Waals surface area contributed by atoms with Crippen LogP contribution in [0.15, 0.2) is 134 Å². The monoisotopic (exact) mass is 841 g/mol. The zero-order chi connectivity index (χ0) is 44.4. The second-order valence-electron chi connectivity index (χ2n) is 15.0. The van der Waals surface area contributed by atoms with Crippen LogP contribution < -0.4 is 0 Å². The van der Waals surface area contributed by atoms with E-state index in [0.717, 1.165) is 116 Å². The van der Waals surface area contributed by atoms with Crippen LogP contribution >= 0.6 is 0 Å². The van der Waals surface area contributed by atoms with Gasteiger partial charge in [-0.3, -0.25) is 14.4 Å². The number of ether oxygens (including phenoxy) is 3. The van der Waals surface area contributed by atoms with E-state index in [0.29, 0.717) is 12.8 Å². The van der Waals surface area contributed by atoms with E-state index >= 15 is 0 Å². The molecule has 61 heavy (non-hydrogen) atoms. The first-order valence-electron chi connectivity index (χ1n) is 23.8. The largest absolute Gasteiger partial charge is 0.462 e. The van der Waals surface area contributed by atoms with Crippen molar-refractivity contribution in [1.29, 1.82) is 0 Å². The molecule has 0 aromatic carbocycles. The van der Waals surface area contributed by atoms with Gasteiger partial charge in [0.25, 0.3) is 0 Å². The summed E-state index contributed by atoms with van der Waals surface area (Å²) in [7, 11) is 0. The Balaban J connectivity index is 4.57. The van der Waals surface area contributed by atoms with Gasteiger partial charge in [-0.05, 0) is 96.3 Å². The minimum atomic E-state index is -0.828. The van der Waals surface area contributed by atoms with Gasteiger partial charge in [0, 0.05) is 19.3 Å². The number of rotatable bonds is 40.